The molecule has 7 heteroatoms. The molecule has 1 N–H and O–H groups in total. The Labute approximate surface area is 192 Å². The molecule has 1 aliphatic rings. The van der Waals surface area contributed by atoms with Gasteiger partial charge in [-0.2, -0.15) is 0 Å². The van der Waals surface area contributed by atoms with E-state index in [9.17, 15) is 5.11 Å². The molecule has 4 rings (SSSR count). The van der Waals surface area contributed by atoms with E-state index in [2.05, 4.69) is 64.8 Å². The molecule has 0 saturated carbocycles. The minimum atomic E-state index is -1.10. The first-order chi connectivity index (χ1) is 15.4. The molecular weight excluding hydrogens is 416 g/mol. The monoisotopic (exact) mass is 452 g/mol. The molecule has 32 heavy (non-hydrogen) atoms. The molecular formula is C25H36N4O2Si. The minimum absolute atomic E-state index is 0.168. The summed E-state index contributed by atoms with van der Waals surface area (Å²) >= 11 is 0. The number of hydrogen-bond acceptors (Lipinski definition) is 5. The van der Waals surface area contributed by atoms with Gasteiger partial charge in [0.2, 0.25) is 0 Å². The smallest absolute Gasteiger partial charge is 0.145 e. The first kappa shape index (κ1) is 23.1. The molecule has 2 atom stereocenters. The topological polar surface area (TPSA) is 63.4 Å². The molecule has 0 spiro atoms. The normalized spacial score (nSPS) is 18.8. The second kappa shape index (κ2) is 10.3. The molecule has 2 aromatic heterocycles. The SMILES string of the molecule is C[Si](C)(C)CCOCn1ccc2c(C(O)C3CCCN(Cc4ccccc4)C3)ncnc21. The number of rotatable bonds is 9. The van der Waals surface area contributed by atoms with E-state index in [1.165, 1.54) is 5.56 Å². The molecule has 1 fully saturated rings. The van der Waals surface area contributed by atoms with Crippen LogP contribution in [0.4, 0.5) is 0 Å². The zero-order chi connectivity index (χ0) is 22.6. The van der Waals surface area contributed by atoms with Gasteiger partial charge < -0.3 is 14.4 Å². The molecule has 2 unspecified atom stereocenters. The fourth-order valence-corrected chi connectivity index (χ4v) is 5.22. The van der Waals surface area contributed by atoms with E-state index < -0.39 is 14.2 Å². The van der Waals surface area contributed by atoms with Gasteiger partial charge in [-0.25, -0.2) is 9.97 Å². The highest BCUT2D eigenvalue weighted by atomic mass is 28.3. The van der Waals surface area contributed by atoms with E-state index >= 15 is 0 Å². The van der Waals surface area contributed by atoms with Crippen LogP contribution in [0.15, 0.2) is 48.9 Å². The summed E-state index contributed by atoms with van der Waals surface area (Å²) in [6, 6.07) is 13.7. The van der Waals surface area contributed by atoms with Crippen molar-refractivity contribution in [3.05, 3.63) is 60.2 Å². The number of nitrogens with zero attached hydrogens (tertiary/aromatic N) is 4. The summed E-state index contributed by atoms with van der Waals surface area (Å²) < 4.78 is 7.93. The number of likely N-dealkylation sites (tertiary alicyclic amines) is 1. The Morgan fingerprint density at radius 1 is 1.16 bits per heavy atom. The lowest BCUT2D eigenvalue weighted by atomic mass is 9.89. The van der Waals surface area contributed by atoms with Crippen LogP contribution in [0.5, 0.6) is 0 Å². The molecule has 172 valence electrons. The molecule has 1 aromatic carbocycles. The zero-order valence-corrected chi connectivity index (χ0v) is 20.6. The van der Waals surface area contributed by atoms with E-state index in [4.69, 9.17) is 4.74 Å². The first-order valence-electron chi connectivity index (χ1n) is 11.7. The lowest BCUT2D eigenvalue weighted by Crippen LogP contribution is -2.37. The van der Waals surface area contributed by atoms with Crippen LogP contribution in [0, 0.1) is 5.92 Å². The summed E-state index contributed by atoms with van der Waals surface area (Å²) in [6.45, 7) is 11.2. The highest BCUT2D eigenvalue weighted by Gasteiger charge is 2.29. The van der Waals surface area contributed by atoms with Crippen LogP contribution >= 0.6 is 0 Å². The number of aromatic nitrogens is 3. The predicted molar refractivity (Wildman–Crippen MR) is 131 cm³/mol. The molecule has 0 amide bonds. The summed E-state index contributed by atoms with van der Waals surface area (Å²) in [4.78, 5) is 11.4. The third-order valence-electron chi connectivity index (χ3n) is 6.33. The van der Waals surface area contributed by atoms with Gasteiger partial charge in [0.05, 0.1) is 5.69 Å². The van der Waals surface area contributed by atoms with Gasteiger partial charge in [0.15, 0.2) is 0 Å². The number of ether oxygens (including phenoxy) is 1. The maximum Gasteiger partial charge on any atom is 0.145 e. The molecule has 0 radical (unpaired) electrons. The average Bonchev–Trinajstić information content (AvgIpc) is 3.20. The van der Waals surface area contributed by atoms with Crippen molar-refractivity contribution in [1.29, 1.82) is 0 Å². The van der Waals surface area contributed by atoms with Gasteiger partial charge in [-0.05, 0) is 37.1 Å². The number of aliphatic hydroxyl groups excluding tert-OH is 1. The Morgan fingerprint density at radius 2 is 1.97 bits per heavy atom. The molecule has 3 aromatic rings. The van der Waals surface area contributed by atoms with Crippen LogP contribution < -0.4 is 0 Å². The van der Waals surface area contributed by atoms with E-state index in [0.29, 0.717) is 6.73 Å². The Bertz CT molecular complexity index is 1000. The Balaban J connectivity index is 1.43. The summed E-state index contributed by atoms with van der Waals surface area (Å²) in [7, 11) is -1.10. The highest BCUT2D eigenvalue weighted by molar-refractivity contribution is 6.76. The minimum Gasteiger partial charge on any atom is -0.386 e. The molecule has 0 aliphatic carbocycles. The quantitative estimate of drug-likeness (QED) is 0.377. The largest absolute Gasteiger partial charge is 0.386 e. The first-order valence-corrected chi connectivity index (χ1v) is 15.4. The number of fused-ring (bicyclic) bond motifs is 1. The van der Waals surface area contributed by atoms with Crippen LogP contribution in [0.25, 0.3) is 11.0 Å². The van der Waals surface area contributed by atoms with Gasteiger partial charge in [0, 0.05) is 45.3 Å². The number of hydrogen-bond donors (Lipinski definition) is 1. The Kier molecular flexibility index (Phi) is 7.40. The fraction of sp³-hybridized carbons (Fsp3) is 0.520. The summed E-state index contributed by atoms with van der Waals surface area (Å²) in [5, 5.41) is 12.2. The summed E-state index contributed by atoms with van der Waals surface area (Å²) in [5.74, 6) is 0.168. The van der Waals surface area contributed by atoms with E-state index in [0.717, 1.165) is 61.9 Å². The van der Waals surface area contributed by atoms with Gasteiger partial charge in [-0.3, -0.25) is 4.90 Å². The van der Waals surface area contributed by atoms with Crippen LogP contribution in [-0.2, 0) is 18.0 Å². The maximum absolute atomic E-state index is 11.3. The number of benzene rings is 1. The Morgan fingerprint density at radius 3 is 2.75 bits per heavy atom. The van der Waals surface area contributed by atoms with Crippen molar-refractivity contribution in [2.24, 2.45) is 5.92 Å². The third-order valence-corrected chi connectivity index (χ3v) is 8.04. The van der Waals surface area contributed by atoms with Crippen molar-refractivity contribution in [1.82, 2.24) is 19.4 Å². The lowest BCUT2D eigenvalue weighted by molar-refractivity contribution is 0.0458. The van der Waals surface area contributed by atoms with Crippen molar-refractivity contribution in [3.8, 4) is 0 Å². The molecule has 0 bridgehead atoms. The van der Waals surface area contributed by atoms with Crippen LogP contribution in [0.2, 0.25) is 25.7 Å². The van der Waals surface area contributed by atoms with Crippen molar-refractivity contribution >= 4 is 19.1 Å². The molecule has 6 nitrogen and oxygen atoms in total. The van der Waals surface area contributed by atoms with Gasteiger partial charge >= 0.3 is 0 Å². The third kappa shape index (κ3) is 5.84. The highest BCUT2D eigenvalue weighted by Crippen LogP contribution is 2.32. The lowest BCUT2D eigenvalue weighted by Gasteiger charge is -2.35. The van der Waals surface area contributed by atoms with E-state index in [1.807, 2.05) is 16.8 Å². The average molecular weight is 453 g/mol. The van der Waals surface area contributed by atoms with Crippen molar-refractivity contribution < 1.29 is 9.84 Å². The standard InChI is InChI=1S/C25H36N4O2Si/c1-32(2,3)15-14-31-19-29-13-11-22-23(26-18-27-25(22)29)24(30)21-10-7-12-28(17-21)16-20-8-5-4-6-9-20/h4-6,8-9,11,13,18,21,24,30H,7,10,12,14-17,19H2,1-3H3. The Hall–Kier alpha value is -2.06. The molecule has 1 saturated heterocycles. The number of piperidine rings is 1. The van der Waals surface area contributed by atoms with Gasteiger partial charge in [-0.15, -0.1) is 0 Å². The van der Waals surface area contributed by atoms with E-state index in [1.54, 1.807) is 6.33 Å². The van der Waals surface area contributed by atoms with Crippen LogP contribution in [-0.4, -0.2) is 52.3 Å². The fourth-order valence-electron chi connectivity index (χ4n) is 4.46. The summed E-state index contributed by atoms with van der Waals surface area (Å²) in [6.07, 6.45) is 5.08. The van der Waals surface area contributed by atoms with Gasteiger partial charge in [0.1, 0.15) is 24.8 Å². The second-order valence-electron chi connectivity index (χ2n) is 10.2. The van der Waals surface area contributed by atoms with Gasteiger partial charge in [0.25, 0.3) is 0 Å². The number of aliphatic hydroxyl groups is 1. The molecule has 1 aliphatic heterocycles. The van der Waals surface area contributed by atoms with Crippen LogP contribution in [0.3, 0.4) is 0 Å². The maximum atomic E-state index is 11.3. The second-order valence-corrected chi connectivity index (χ2v) is 15.8. The van der Waals surface area contributed by atoms with E-state index in [-0.39, 0.29) is 5.92 Å². The van der Waals surface area contributed by atoms with Crippen molar-refractivity contribution in [2.75, 3.05) is 19.7 Å². The van der Waals surface area contributed by atoms with Gasteiger partial charge in [-0.1, -0.05) is 50.0 Å². The predicted octanol–water partition coefficient (Wildman–Crippen LogP) is 4.69. The zero-order valence-electron chi connectivity index (χ0n) is 19.6. The molecule has 3 heterocycles. The van der Waals surface area contributed by atoms with Crippen molar-refractivity contribution in [3.63, 3.8) is 0 Å². The van der Waals surface area contributed by atoms with Crippen molar-refractivity contribution in [2.45, 2.75) is 57.9 Å². The van der Waals surface area contributed by atoms with Crippen LogP contribution in [0.1, 0.15) is 30.2 Å². The summed E-state index contributed by atoms with van der Waals surface area (Å²) in [5.41, 5.74) is 2.89.